The number of nitrogens with zero attached hydrogens (tertiary/aromatic N) is 1. The van der Waals surface area contributed by atoms with E-state index in [0.29, 0.717) is 0 Å². The number of H-pyrrole nitrogens is 1. The van der Waals surface area contributed by atoms with Gasteiger partial charge >= 0.3 is 5.69 Å². The lowest BCUT2D eigenvalue weighted by atomic mass is 9.71. The Bertz CT molecular complexity index is 1260. The van der Waals surface area contributed by atoms with Crippen LogP contribution >= 0.6 is 0 Å². The van der Waals surface area contributed by atoms with E-state index in [9.17, 15) is 24.9 Å². The van der Waals surface area contributed by atoms with Gasteiger partial charge in [0.2, 0.25) is 0 Å². The van der Waals surface area contributed by atoms with E-state index >= 15 is 0 Å². The molecule has 0 saturated carbocycles. The van der Waals surface area contributed by atoms with Crippen LogP contribution in [0.3, 0.4) is 0 Å². The van der Waals surface area contributed by atoms with E-state index < -0.39 is 55.2 Å². The van der Waals surface area contributed by atoms with E-state index in [1.165, 1.54) is 10.8 Å². The first kappa shape index (κ1) is 25.3. The monoisotopic (exact) mass is 495 g/mol. The summed E-state index contributed by atoms with van der Waals surface area (Å²) in [7, 11) is -2.31. The van der Waals surface area contributed by atoms with Gasteiger partial charge in [0.05, 0.1) is 6.61 Å². The fraction of sp³-hybridized carbons (Fsp3) is 0.385. The van der Waals surface area contributed by atoms with Crippen LogP contribution in [0.4, 0.5) is 0 Å². The Balaban J connectivity index is 2.22. The third-order valence-corrected chi connectivity index (χ3v) is 10.1. The molecule has 9 heteroatoms. The highest BCUT2D eigenvalue weighted by Gasteiger charge is 2.74. The number of ether oxygens (including phenoxy) is 1. The van der Waals surface area contributed by atoms with Gasteiger partial charge in [-0.25, -0.2) is 4.79 Å². The van der Waals surface area contributed by atoms with Crippen LogP contribution in [0, 0.1) is 12.3 Å². The average molecular weight is 496 g/mol. The fourth-order valence-corrected chi connectivity index (χ4v) is 8.86. The standard InChI is InChI=1S/C26H31N2O6Si/c1-17-15-28(23(32)27-22(17)31)26(25(33,24(2,3)4)21(30)20(16-29)34-26)35(18-11-7-5-8-12-18)19-13-9-6-10-14-19/h5-15,20-21,29-30,33H,16H2,1-4H3,(H,27,31,32)/t20-,21-,25+,26+/m1/s1. The van der Waals surface area contributed by atoms with E-state index in [1.54, 1.807) is 27.7 Å². The Morgan fingerprint density at radius 2 is 1.54 bits per heavy atom. The molecule has 4 rings (SSSR count). The van der Waals surface area contributed by atoms with Gasteiger partial charge in [-0.15, -0.1) is 0 Å². The van der Waals surface area contributed by atoms with Crippen LogP contribution in [0.2, 0.25) is 0 Å². The van der Waals surface area contributed by atoms with E-state index in [0.717, 1.165) is 10.4 Å². The van der Waals surface area contributed by atoms with Gasteiger partial charge in [-0.1, -0.05) is 91.8 Å². The normalized spacial score (nSPS) is 26.9. The molecule has 0 bridgehead atoms. The molecule has 0 spiro atoms. The number of nitrogens with one attached hydrogen (secondary N) is 1. The van der Waals surface area contributed by atoms with Crippen molar-refractivity contribution >= 4 is 19.2 Å². The Morgan fingerprint density at radius 3 is 2.00 bits per heavy atom. The van der Waals surface area contributed by atoms with E-state index in [2.05, 4.69) is 4.98 Å². The highest BCUT2D eigenvalue weighted by molar-refractivity contribution is 6.87. The maximum Gasteiger partial charge on any atom is 0.330 e. The van der Waals surface area contributed by atoms with Gasteiger partial charge in [-0.2, -0.15) is 0 Å². The molecule has 35 heavy (non-hydrogen) atoms. The molecular weight excluding hydrogens is 464 g/mol. The smallest absolute Gasteiger partial charge is 0.330 e. The summed E-state index contributed by atoms with van der Waals surface area (Å²) >= 11 is 0. The molecule has 2 aromatic carbocycles. The molecule has 185 valence electrons. The first-order valence-corrected chi connectivity index (χ1v) is 13.0. The largest absolute Gasteiger partial charge is 0.394 e. The second-order valence-corrected chi connectivity index (χ2v) is 12.6. The molecule has 4 atom stereocenters. The topological polar surface area (TPSA) is 125 Å². The maximum atomic E-state index is 13.5. The lowest BCUT2D eigenvalue weighted by Crippen LogP contribution is -2.77. The van der Waals surface area contributed by atoms with Crippen LogP contribution < -0.4 is 21.6 Å². The van der Waals surface area contributed by atoms with Crippen LogP contribution in [-0.4, -0.2) is 58.1 Å². The molecule has 1 radical (unpaired) electrons. The van der Waals surface area contributed by atoms with Crippen molar-refractivity contribution in [3.8, 4) is 0 Å². The zero-order chi connectivity index (χ0) is 25.6. The molecule has 8 nitrogen and oxygen atoms in total. The van der Waals surface area contributed by atoms with E-state index in [4.69, 9.17) is 4.74 Å². The number of aromatic nitrogens is 2. The van der Waals surface area contributed by atoms with Crippen molar-refractivity contribution < 1.29 is 20.1 Å². The predicted molar refractivity (Wildman–Crippen MR) is 134 cm³/mol. The van der Waals surface area contributed by atoms with Gasteiger partial charge in [0.15, 0.2) is 14.1 Å². The molecule has 1 fully saturated rings. The minimum Gasteiger partial charge on any atom is -0.394 e. The van der Waals surface area contributed by atoms with E-state index in [1.807, 2.05) is 60.7 Å². The van der Waals surface area contributed by atoms with Crippen LogP contribution in [0.5, 0.6) is 0 Å². The van der Waals surface area contributed by atoms with Crippen LogP contribution in [0.15, 0.2) is 76.4 Å². The summed E-state index contributed by atoms with van der Waals surface area (Å²) in [5.41, 5.74) is -4.16. The Kier molecular flexibility index (Phi) is 6.50. The van der Waals surface area contributed by atoms with Crippen LogP contribution in [0.1, 0.15) is 26.3 Å². The third-order valence-electron chi connectivity index (χ3n) is 6.87. The van der Waals surface area contributed by atoms with Gasteiger partial charge < -0.3 is 20.1 Å². The third kappa shape index (κ3) is 3.75. The van der Waals surface area contributed by atoms with Crippen molar-refractivity contribution in [1.82, 2.24) is 9.55 Å². The van der Waals surface area contributed by atoms with Crippen molar-refractivity contribution in [2.45, 2.75) is 50.9 Å². The summed E-state index contributed by atoms with van der Waals surface area (Å²) in [5.74, 6) is 0. The summed E-state index contributed by atoms with van der Waals surface area (Å²) in [4.78, 5) is 28.1. The molecule has 1 aliphatic rings. The zero-order valence-corrected chi connectivity index (χ0v) is 21.2. The highest BCUT2D eigenvalue weighted by Crippen LogP contribution is 2.53. The lowest BCUT2D eigenvalue weighted by molar-refractivity contribution is -0.197. The molecule has 4 N–H and O–H groups in total. The second kappa shape index (κ2) is 9.00. The molecule has 3 aromatic rings. The summed E-state index contributed by atoms with van der Waals surface area (Å²) in [6, 6.07) is 18.8. The van der Waals surface area contributed by atoms with Crippen molar-refractivity contribution in [3.05, 3.63) is 93.3 Å². The number of rotatable bonds is 5. The number of aliphatic hydroxyl groups is 3. The predicted octanol–water partition coefficient (Wildman–Crippen LogP) is -0.125. The minimum absolute atomic E-state index is 0.244. The number of benzene rings is 2. The number of hydrogen-bond donors (Lipinski definition) is 4. The van der Waals surface area contributed by atoms with Crippen molar-refractivity contribution in [3.63, 3.8) is 0 Å². The first-order valence-electron chi connectivity index (χ1n) is 11.5. The maximum absolute atomic E-state index is 13.5. The van der Waals surface area contributed by atoms with Crippen molar-refractivity contribution in [2.24, 2.45) is 5.41 Å². The van der Waals surface area contributed by atoms with Gasteiger partial charge in [0.25, 0.3) is 5.56 Å². The molecule has 1 aromatic heterocycles. The van der Waals surface area contributed by atoms with Crippen LogP contribution in [-0.2, 0) is 10.1 Å². The molecule has 1 aliphatic heterocycles. The van der Waals surface area contributed by atoms with Crippen molar-refractivity contribution in [2.75, 3.05) is 6.61 Å². The van der Waals surface area contributed by atoms with Gasteiger partial charge in [-0.05, 0) is 12.3 Å². The minimum atomic E-state index is -2.31. The molecule has 2 heterocycles. The lowest BCUT2D eigenvalue weighted by Gasteiger charge is -2.52. The van der Waals surface area contributed by atoms with Gasteiger partial charge in [0, 0.05) is 11.8 Å². The molecule has 1 saturated heterocycles. The Labute approximate surface area is 205 Å². The van der Waals surface area contributed by atoms with Crippen molar-refractivity contribution in [1.29, 1.82) is 0 Å². The molecule has 0 amide bonds. The van der Waals surface area contributed by atoms with E-state index in [-0.39, 0.29) is 5.56 Å². The molecule has 0 unspecified atom stereocenters. The highest BCUT2D eigenvalue weighted by atomic mass is 28.3. The summed E-state index contributed by atoms with van der Waals surface area (Å²) < 4.78 is 7.75. The first-order chi connectivity index (χ1) is 16.5. The zero-order valence-electron chi connectivity index (χ0n) is 20.2. The Morgan fingerprint density at radius 1 is 1.03 bits per heavy atom. The quantitative estimate of drug-likeness (QED) is 0.366. The summed E-state index contributed by atoms with van der Waals surface area (Å²) in [6.07, 6.45) is -1.33. The molecular formula is C26H31N2O6Si. The number of aliphatic hydroxyl groups excluding tert-OH is 2. The van der Waals surface area contributed by atoms with Gasteiger partial charge in [-0.3, -0.25) is 14.3 Å². The average Bonchev–Trinajstić information content (AvgIpc) is 3.06. The fourth-order valence-electron chi connectivity index (χ4n) is 5.11. The summed E-state index contributed by atoms with van der Waals surface area (Å²) in [5, 5.41) is 34.1. The molecule has 0 aliphatic carbocycles. The summed E-state index contributed by atoms with van der Waals surface area (Å²) in [6.45, 7) is 6.26. The Hall–Kier alpha value is -2.82. The SMILES string of the molecule is Cc1cn([C@]2([Si](c3ccccc3)c3ccccc3)O[C@H](CO)[C@@H](O)[C@]2(O)C(C)(C)C)c(=O)[nH]c1=O. The number of hydrogen-bond acceptors (Lipinski definition) is 6. The van der Waals surface area contributed by atoms with Crippen LogP contribution in [0.25, 0.3) is 0 Å². The second-order valence-electron chi connectivity index (χ2n) is 9.99. The number of aryl methyl sites for hydroxylation is 1. The number of aromatic amines is 1. The van der Waals surface area contributed by atoms with Gasteiger partial charge in [0.1, 0.15) is 17.8 Å².